The second-order valence-corrected chi connectivity index (χ2v) is 3.11. The number of nitrogens with one attached hydrogen (secondary N) is 1. The van der Waals surface area contributed by atoms with E-state index in [0.717, 1.165) is 17.0 Å². The van der Waals surface area contributed by atoms with Gasteiger partial charge in [-0.25, -0.2) is 0 Å². The molecule has 1 heterocycles. The zero-order valence-electron chi connectivity index (χ0n) is 8.32. The fourth-order valence-corrected chi connectivity index (χ4v) is 1.48. The number of hydrogen-bond donors (Lipinski definition) is 1. The second-order valence-electron chi connectivity index (χ2n) is 3.11. The number of nitrogens with zero attached hydrogens (tertiary/aromatic N) is 1. The van der Waals surface area contributed by atoms with Crippen LogP contribution in [0.15, 0.2) is 36.5 Å². The van der Waals surface area contributed by atoms with Crippen LogP contribution in [0.3, 0.4) is 0 Å². The van der Waals surface area contributed by atoms with Crippen LogP contribution >= 0.6 is 0 Å². The first kappa shape index (κ1) is 9.35. The van der Waals surface area contributed by atoms with Gasteiger partial charge in [-0.2, -0.15) is 5.26 Å². The average Bonchev–Trinajstić information content (AvgIpc) is 2.77. The predicted octanol–water partition coefficient (Wildman–Crippen LogP) is 2.56. The van der Waals surface area contributed by atoms with Crippen molar-refractivity contribution in [2.75, 3.05) is 7.11 Å². The van der Waals surface area contributed by atoms with Crippen LogP contribution in [-0.4, -0.2) is 12.1 Å². The van der Waals surface area contributed by atoms with Crippen molar-refractivity contribution in [3.05, 3.63) is 42.1 Å². The maximum atomic E-state index is 8.72. The van der Waals surface area contributed by atoms with Crippen molar-refractivity contribution >= 4 is 0 Å². The SMILES string of the molecule is COc1ccccc1-c1cc(C#N)c[nH]1. The molecule has 0 bridgehead atoms. The molecule has 0 unspecified atom stereocenters. The Morgan fingerprint density at radius 2 is 2.13 bits per heavy atom. The van der Waals surface area contributed by atoms with Gasteiger partial charge in [0.2, 0.25) is 0 Å². The molecule has 1 N–H and O–H groups in total. The van der Waals surface area contributed by atoms with Gasteiger partial charge in [0.1, 0.15) is 11.8 Å². The summed E-state index contributed by atoms with van der Waals surface area (Å²) >= 11 is 0. The van der Waals surface area contributed by atoms with E-state index in [2.05, 4.69) is 11.1 Å². The predicted molar refractivity (Wildman–Crippen MR) is 57.5 cm³/mol. The highest BCUT2D eigenvalue weighted by Gasteiger charge is 2.06. The Labute approximate surface area is 87.9 Å². The normalized spacial score (nSPS) is 9.60. The molecule has 0 atom stereocenters. The summed E-state index contributed by atoms with van der Waals surface area (Å²) in [6.07, 6.45) is 1.68. The third kappa shape index (κ3) is 1.70. The van der Waals surface area contributed by atoms with E-state index in [1.165, 1.54) is 0 Å². The van der Waals surface area contributed by atoms with Crippen molar-refractivity contribution in [3.63, 3.8) is 0 Å². The van der Waals surface area contributed by atoms with Crippen molar-refractivity contribution in [1.29, 1.82) is 5.26 Å². The highest BCUT2D eigenvalue weighted by Crippen LogP contribution is 2.28. The third-order valence-corrected chi connectivity index (χ3v) is 2.21. The molecule has 2 rings (SSSR count). The van der Waals surface area contributed by atoms with E-state index in [9.17, 15) is 0 Å². The number of methoxy groups -OCH3 is 1. The van der Waals surface area contributed by atoms with Gasteiger partial charge in [-0.15, -0.1) is 0 Å². The lowest BCUT2D eigenvalue weighted by Crippen LogP contribution is -1.86. The number of H-pyrrole nitrogens is 1. The van der Waals surface area contributed by atoms with Crippen molar-refractivity contribution in [2.45, 2.75) is 0 Å². The lowest BCUT2D eigenvalue weighted by Gasteiger charge is -2.05. The first-order valence-electron chi connectivity index (χ1n) is 4.57. The van der Waals surface area contributed by atoms with Crippen LogP contribution in [0.25, 0.3) is 11.3 Å². The quantitative estimate of drug-likeness (QED) is 0.806. The molecular formula is C12H10N2O. The first-order valence-corrected chi connectivity index (χ1v) is 4.57. The monoisotopic (exact) mass is 198 g/mol. The molecular weight excluding hydrogens is 188 g/mol. The molecule has 3 nitrogen and oxygen atoms in total. The number of aromatic amines is 1. The summed E-state index contributed by atoms with van der Waals surface area (Å²) in [6, 6.07) is 11.6. The van der Waals surface area contributed by atoms with E-state index in [1.54, 1.807) is 19.4 Å². The van der Waals surface area contributed by atoms with E-state index in [-0.39, 0.29) is 0 Å². The highest BCUT2D eigenvalue weighted by molar-refractivity contribution is 5.68. The van der Waals surface area contributed by atoms with Crippen LogP contribution in [0.5, 0.6) is 5.75 Å². The molecule has 1 aromatic carbocycles. The van der Waals surface area contributed by atoms with Crippen molar-refractivity contribution < 1.29 is 4.74 Å². The largest absolute Gasteiger partial charge is 0.496 e. The van der Waals surface area contributed by atoms with Crippen LogP contribution in [0, 0.1) is 11.3 Å². The summed E-state index contributed by atoms with van der Waals surface area (Å²) in [7, 11) is 1.63. The second kappa shape index (κ2) is 3.89. The molecule has 15 heavy (non-hydrogen) atoms. The van der Waals surface area contributed by atoms with Crippen LogP contribution in [0.2, 0.25) is 0 Å². The summed E-state index contributed by atoms with van der Waals surface area (Å²) in [4.78, 5) is 3.05. The molecule has 0 amide bonds. The van der Waals surface area contributed by atoms with Gasteiger partial charge in [-0.05, 0) is 18.2 Å². The van der Waals surface area contributed by atoms with E-state index in [0.29, 0.717) is 5.56 Å². The van der Waals surface area contributed by atoms with Gasteiger partial charge in [-0.3, -0.25) is 0 Å². The van der Waals surface area contributed by atoms with Gasteiger partial charge in [0.25, 0.3) is 0 Å². The molecule has 1 aromatic heterocycles. The summed E-state index contributed by atoms with van der Waals surface area (Å²) in [5, 5.41) is 8.72. The molecule has 0 saturated heterocycles. The van der Waals surface area contributed by atoms with Crippen LogP contribution < -0.4 is 4.74 Å². The molecule has 0 aliphatic carbocycles. The van der Waals surface area contributed by atoms with E-state index in [4.69, 9.17) is 10.00 Å². The Kier molecular flexibility index (Phi) is 2.42. The molecule has 74 valence electrons. The maximum absolute atomic E-state index is 8.72. The number of nitriles is 1. The molecule has 0 aliphatic heterocycles. The Morgan fingerprint density at radius 3 is 2.80 bits per heavy atom. The maximum Gasteiger partial charge on any atom is 0.128 e. The Bertz CT molecular complexity index is 508. The minimum Gasteiger partial charge on any atom is -0.496 e. The van der Waals surface area contributed by atoms with Gasteiger partial charge >= 0.3 is 0 Å². The third-order valence-electron chi connectivity index (χ3n) is 2.21. The number of hydrogen-bond acceptors (Lipinski definition) is 2. The number of para-hydroxylation sites is 1. The lowest BCUT2D eigenvalue weighted by atomic mass is 10.1. The molecule has 0 radical (unpaired) electrons. The number of aromatic nitrogens is 1. The zero-order valence-corrected chi connectivity index (χ0v) is 8.32. The standard InChI is InChI=1S/C12H10N2O/c1-15-12-5-3-2-4-10(12)11-6-9(7-13)8-14-11/h2-6,8,14H,1H3. The van der Waals surface area contributed by atoms with Crippen LogP contribution in [0.1, 0.15) is 5.56 Å². The fourth-order valence-electron chi connectivity index (χ4n) is 1.48. The van der Waals surface area contributed by atoms with Gasteiger partial charge in [0, 0.05) is 11.8 Å². The summed E-state index contributed by atoms with van der Waals surface area (Å²) in [6.45, 7) is 0. The van der Waals surface area contributed by atoms with E-state index >= 15 is 0 Å². The summed E-state index contributed by atoms with van der Waals surface area (Å²) in [5.74, 6) is 0.795. The topological polar surface area (TPSA) is 48.8 Å². The Morgan fingerprint density at radius 1 is 1.33 bits per heavy atom. The molecule has 0 aliphatic rings. The molecule has 2 aromatic rings. The van der Waals surface area contributed by atoms with Crippen LogP contribution in [0.4, 0.5) is 0 Å². The van der Waals surface area contributed by atoms with Gasteiger partial charge in [0.05, 0.1) is 18.4 Å². The van der Waals surface area contributed by atoms with Gasteiger partial charge in [-0.1, -0.05) is 12.1 Å². The highest BCUT2D eigenvalue weighted by atomic mass is 16.5. The van der Waals surface area contributed by atoms with Crippen molar-refractivity contribution in [2.24, 2.45) is 0 Å². The summed E-state index contributed by atoms with van der Waals surface area (Å²) in [5.41, 5.74) is 2.47. The minimum atomic E-state index is 0.621. The smallest absolute Gasteiger partial charge is 0.128 e. The van der Waals surface area contributed by atoms with Crippen molar-refractivity contribution in [1.82, 2.24) is 4.98 Å². The lowest BCUT2D eigenvalue weighted by molar-refractivity contribution is 0.416. The van der Waals surface area contributed by atoms with E-state index < -0.39 is 0 Å². The first-order chi connectivity index (χ1) is 7.35. The van der Waals surface area contributed by atoms with E-state index in [1.807, 2.05) is 24.3 Å². The van der Waals surface area contributed by atoms with Gasteiger partial charge in [0.15, 0.2) is 0 Å². The van der Waals surface area contributed by atoms with Gasteiger partial charge < -0.3 is 9.72 Å². The fraction of sp³-hybridized carbons (Fsp3) is 0.0833. The average molecular weight is 198 g/mol. The molecule has 0 fully saturated rings. The Balaban J connectivity index is 2.49. The minimum absolute atomic E-state index is 0.621. The van der Waals surface area contributed by atoms with Crippen LogP contribution in [-0.2, 0) is 0 Å². The molecule has 0 saturated carbocycles. The number of benzene rings is 1. The van der Waals surface area contributed by atoms with Crippen molar-refractivity contribution in [3.8, 4) is 23.1 Å². The molecule has 3 heteroatoms. The summed E-state index contributed by atoms with van der Waals surface area (Å²) < 4.78 is 5.24. The Hall–Kier alpha value is -2.21. The number of ether oxygens (including phenoxy) is 1. The number of rotatable bonds is 2. The molecule has 0 spiro atoms. The zero-order chi connectivity index (χ0) is 10.7.